The summed E-state index contributed by atoms with van der Waals surface area (Å²) in [6.45, 7) is 4.41. The van der Waals surface area contributed by atoms with Gasteiger partial charge >= 0.3 is 0 Å². The summed E-state index contributed by atoms with van der Waals surface area (Å²) in [6, 6.07) is 15.4. The van der Waals surface area contributed by atoms with Gasteiger partial charge in [-0.1, -0.05) is 41.4 Å². The fraction of sp³-hybridized carbons (Fsp3) is 0.158. The minimum absolute atomic E-state index is 0.131. The summed E-state index contributed by atoms with van der Waals surface area (Å²) in [6.07, 6.45) is 1.59. The van der Waals surface area contributed by atoms with Gasteiger partial charge in [-0.3, -0.25) is 4.79 Å². The lowest BCUT2D eigenvalue weighted by molar-refractivity contribution is 0.0950. The molecular weight excluding hydrogens is 322 g/mol. The summed E-state index contributed by atoms with van der Waals surface area (Å²) >= 11 is 5.91. The predicted molar refractivity (Wildman–Crippen MR) is 95.7 cm³/mol. The van der Waals surface area contributed by atoms with E-state index in [-0.39, 0.29) is 5.91 Å². The van der Waals surface area contributed by atoms with E-state index in [0.29, 0.717) is 17.1 Å². The van der Waals surface area contributed by atoms with Crippen LogP contribution in [0.1, 0.15) is 27.2 Å². The van der Waals surface area contributed by atoms with Gasteiger partial charge in [0, 0.05) is 11.6 Å². The Morgan fingerprint density at radius 1 is 1.08 bits per heavy atom. The highest BCUT2D eigenvalue weighted by molar-refractivity contribution is 6.30. The molecule has 4 nitrogen and oxygen atoms in total. The average Bonchev–Trinajstić information content (AvgIpc) is 2.96. The number of nitrogens with one attached hydrogen (secondary N) is 1. The predicted octanol–water partition coefficient (Wildman–Crippen LogP) is 4.07. The molecule has 3 rings (SSSR count). The standard InChI is InChI=1S/C19H18ClN3O/c1-13-3-5-15(6-4-13)11-21-19(24)18-12-22-23(14(18)2)17-9-7-16(20)8-10-17/h3-10,12H,11H2,1-2H3,(H,21,24). The van der Waals surface area contributed by atoms with Crippen molar-refractivity contribution in [2.45, 2.75) is 20.4 Å². The van der Waals surface area contributed by atoms with E-state index in [2.05, 4.69) is 10.4 Å². The third-order valence-electron chi connectivity index (χ3n) is 3.90. The summed E-state index contributed by atoms with van der Waals surface area (Å²) in [7, 11) is 0. The molecule has 0 spiro atoms. The number of hydrogen-bond donors (Lipinski definition) is 1. The molecule has 0 aliphatic heterocycles. The van der Waals surface area contributed by atoms with Crippen LogP contribution in [0.4, 0.5) is 0 Å². The first-order valence-electron chi connectivity index (χ1n) is 7.69. The Bertz CT molecular complexity index is 851. The summed E-state index contributed by atoms with van der Waals surface area (Å²) in [4.78, 5) is 12.4. The third kappa shape index (κ3) is 3.49. The monoisotopic (exact) mass is 339 g/mol. The van der Waals surface area contributed by atoms with E-state index in [1.165, 1.54) is 5.56 Å². The molecule has 1 heterocycles. The third-order valence-corrected chi connectivity index (χ3v) is 4.15. The molecule has 1 amide bonds. The van der Waals surface area contributed by atoms with Crippen molar-refractivity contribution in [3.05, 3.63) is 82.1 Å². The maximum absolute atomic E-state index is 12.4. The van der Waals surface area contributed by atoms with Crippen molar-refractivity contribution in [2.24, 2.45) is 0 Å². The van der Waals surface area contributed by atoms with Crippen LogP contribution in [0.15, 0.2) is 54.7 Å². The van der Waals surface area contributed by atoms with Gasteiger partial charge in [-0.05, 0) is 43.7 Å². The number of hydrogen-bond acceptors (Lipinski definition) is 2. The Hall–Kier alpha value is -2.59. The lowest BCUT2D eigenvalue weighted by Crippen LogP contribution is -2.23. The molecule has 3 aromatic rings. The van der Waals surface area contributed by atoms with E-state index in [4.69, 9.17) is 11.6 Å². The molecule has 0 unspecified atom stereocenters. The number of rotatable bonds is 4. The van der Waals surface area contributed by atoms with E-state index in [1.807, 2.05) is 50.2 Å². The van der Waals surface area contributed by atoms with Crippen molar-refractivity contribution in [1.29, 1.82) is 0 Å². The topological polar surface area (TPSA) is 46.9 Å². The number of carbonyl (C=O) groups excluding carboxylic acids is 1. The minimum Gasteiger partial charge on any atom is -0.348 e. The van der Waals surface area contributed by atoms with E-state index >= 15 is 0 Å². The van der Waals surface area contributed by atoms with Crippen LogP contribution >= 0.6 is 11.6 Å². The van der Waals surface area contributed by atoms with E-state index in [0.717, 1.165) is 16.9 Å². The highest BCUT2D eigenvalue weighted by atomic mass is 35.5. The van der Waals surface area contributed by atoms with Crippen LogP contribution in [-0.2, 0) is 6.54 Å². The lowest BCUT2D eigenvalue weighted by atomic mass is 10.1. The van der Waals surface area contributed by atoms with Crippen molar-refractivity contribution < 1.29 is 4.79 Å². The van der Waals surface area contributed by atoms with Gasteiger partial charge in [0.2, 0.25) is 0 Å². The summed E-state index contributed by atoms with van der Waals surface area (Å²) in [5.74, 6) is -0.131. The smallest absolute Gasteiger partial charge is 0.255 e. The maximum atomic E-state index is 12.4. The molecule has 0 saturated heterocycles. The zero-order chi connectivity index (χ0) is 17.1. The van der Waals surface area contributed by atoms with Crippen molar-refractivity contribution >= 4 is 17.5 Å². The molecule has 24 heavy (non-hydrogen) atoms. The Kier molecular flexibility index (Phi) is 4.67. The first-order chi connectivity index (χ1) is 11.5. The molecular formula is C19H18ClN3O. The first-order valence-corrected chi connectivity index (χ1v) is 8.06. The Morgan fingerprint density at radius 3 is 2.42 bits per heavy atom. The maximum Gasteiger partial charge on any atom is 0.255 e. The van der Waals surface area contributed by atoms with Crippen LogP contribution in [0.2, 0.25) is 5.02 Å². The van der Waals surface area contributed by atoms with Crippen LogP contribution in [0.25, 0.3) is 5.69 Å². The molecule has 0 aliphatic carbocycles. The summed E-state index contributed by atoms with van der Waals surface area (Å²) in [5.41, 5.74) is 4.49. The second kappa shape index (κ2) is 6.89. The number of carbonyl (C=O) groups is 1. The second-order valence-corrected chi connectivity index (χ2v) is 6.14. The van der Waals surface area contributed by atoms with E-state index in [1.54, 1.807) is 23.0 Å². The molecule has 0 fully saturated rings. The number of nitrogens with zero attached hydrogens (tertiary/aromatic N) is 2. The summed E-state index contributed by atoms with van der Waals surface area (Å²) < 4.78 is 1.73. The second-order valence-electron chi connectivity index (χ2n) is 5.70. The van der Waals surface area contributed by atoms with Gasteiger partial charge in [-0.25, -0.2) is 4.68 Å². The van der Waals surface area contributed by atoms with Crippen LogP contribution in [0, 0.1) is 13.8 Å². The van der Waals surface area contributed by atoms with Crippen molar-refractivity contribution in [1.82, 2.24) is 15.1 Å². The van der Waals surface area contributed by atoms with Crippen LogP contribution in [-0.4, -0.2) is 15.7 Å². The quantitative estimate of drug-likeness (QED) is 0.778. The molecule has 0 atom stereocenters. The van der Waals surface area contributed by atoms with Gasteiger partial charge in [0.05, 0.1) is 23.1 Å². The number of aromatic nitrogens is 2. The fourth-order valence-corrected chi connectivity index (χ4v) is 2.58. The molecule has 2 aromatic carbocycles. The highest BCUT2D eigenvalue weighted by Gasteiger charge is 2.14. The fourth-order valence-electron chi connectivity index (χ4n) is 2.46. The average molecular weight is 340 g/mol. The van der Waals surface area contributed by atoms with Gasteiger partial charge in [-0.2, -0.15) is 5.10 Å². The van der Waals surface area contributed by atoms with Gasteiger partial charge in [0.15, 0.2) is 0 Å². The molecule has 1 N–H and O–H groups in total. The van der Waals surface area contributed by atoms with Crippen molar-refractivity contribution in [2.75, 3.05) is 0 Å². The van der Waals surface area contributed by atoms with E-state index in [9.17, 15) is 4.79 Å². The molecule has 1 aromatic heterocycles. The van der Waals surface area contributed by atoms with E-state index < -0.39 is 0 Å². The normalized spacial score (nSPS) is 10.6. The zero-order valence-electron chi connectivity index (χ0n) is 13.6. The van der Waals surface area contributed by atoms with Crippen LogP contribution < -0.4 is 5.32 Å². The van der Waals surface area contributed by atoms with Gasteiger partial charge < -0.3 is 5.32 Å². The van der Waals surface area contributed by atoms with Crippen molar-refractivity contribution in [3.8, 4) is 5.69 Å². The molecule has 122 valence electrons. The zero-order valence-corrected chi connectivity index (χ0v) is 14.3. The minimum atomic E-state index is -0.131. The highest BCUT2D eigenvalue weighted by Crippen LogP contribution is 2.17. The molecule has 0 radical (unpaired) electrons. The SMILES string of the molecule is Cc1ccc(CNC(=O)c2cnn(-c3ccc(Cl)cc3)c2C)cc1. The number of amides is 1. The van der Waals surface area contributed by atoms with Crippen LogP contribution in [0.3, 0.4) is 0 Å². The molecule has 5 heteroatoms. The number of aryl methyl sites for hydroxylation is 1. The lowest BCUT2D eigenvalue weighted by Gasteiger charge is -2.07. The molecule has 0 aliphatic rings. The first kappa shape index (κ1) is 16.3. The van der Waals surface area contributed by atoms with Gasteiger partial charge in [-0.15, -0.1) is 0 Å². The van der Waals surface area contributed by atoms with Crippen molar-refractivity contribution in [3.63, 3.8) is 0 Å². The molecule has 0 saturated carbocycles. The molecule has 0 bridgehead atoms. The largest absolute Gasteiger partial charge is 0.348 e. The number of halogens is 1. The summed E-state index contributed by atoms with van der Waals surface area (Å²) in [5, 5.41) is 7.92. The Morgan fingerprint density at radius 2 is 1.75 bits per heavy atom. The van der Waals surface area contributed by atoms with Gasteiger partial charge in [0.1, 0.15) is 0 Å². The Balaban J connectivity index is 1.74. The van der Waals surface area contributed by atoms with Gasteiger partial charge in [0.25, 0.3) is 5.91 Å². The van der Waals surface area contributed by atoms with Crippen LogP contribution in [0.5, 0.6) is 0 Å². The Labute approximate surface area is 146 Å². The number of benzene rings is 2.